The van der Waals surface area contributed by atoms with Gasteiger partial charge in [0.15, 0.2) is 0 Å². The van der Waals surface area contributed by atoms with E-state index < -0.39 is 12.0 Å². The Kier molecular flexibility index (Phi) is 11.3. The molecule has 4 aromatic rings. The Hall–Kier alpha value is -3.48. The van der Waals surface area contributed by atoms with E-state index >= 15 is 0 Å². The van der Waals surface area contributed by atoms with Crippen LogP contribution in [0.15, 0.2) is 79.0 Å². The number of nitrogens with one attached hydrogen (secondary N) is 1. The molecular formula is C36H44N2O3S. The number of carbonyl (C=O) groups is 1. The molecule has 0 saturated carbocycles. The zero-order chi connectivity index (χ0) is 30.0. The van der Waals surface area contributed by atoms with E-state index in [4.69, 9.17) is 4.74 Å². The van der Waals surface area contributed by atoms with Crippen LogP contribution in [0.2, 0.25) is 0 Å². The molecule has 1 heterocycles. The highest BCUT2D eigenvalue weighted by Crippen LogP contribution is 2.33. The topological polar surface area (TPSA) is 71.5 Å². The minimum atomic E-state index is -0.846. The number of aromatic nitrogens is 1. The van der Waals surface area contributed by atoms with Gasteiger partial charge in [-0.1, -0.05) is 102 Å². The molecule has 0 aliphatic carbocycles. The van der Waals surface area contributed by atoms with Crippen LogP contribution in [0.25, 0.3) is 21.0 Å². The summed E-state index contributed by atoms with van der Waals surface area (Å²) in [6.07, 6.45) is 8.46. The number of thiazole rings is 1. The second-order valence-electron chi connectivity index (χ2n) is 11.9. The lowest BCUT2D eigenvalue weighted by Crippen LogP contribution is -2.38. The number of ether oxygens (including phenoxy) is 1. The molecule has 0 fully saturated rings. The zero-order valence-corrected chi connectivity index (χ0v) is 26.2. The normalized spacial score (nSPS) is 12.3. The monoisotopic (exact) mass is 584 g/mol. The fraction of sp³-hybridized carbons (Fsp3) is 0.389. The van der Waals surface area contributed by atoms with Gasteiger partial charge in [0.05, 0.1) is 11.5 Å². The average molecular weight is 585 g/mol. The van der Waals surface area contributed by atoms with Crippen LogP contribution in [-0.4, -0.2) is 28.7 Å². The van der Waals surface area contributed by atoms with Crippen molar-refractivity contribution in [3.63, 3.8) is 0 Å². The number of aliphatic carboxylic acids is 1. The lowest BCUT2D eigenvalue weighted by Gasteiger charge is -2.19. The lowest BCUT2D eigenvalue weighted by molar-refractivity contribution is -0.139. The van der Waals surface area contributed by atoms with Gasteiger partial charge in [-0.15, -0.1) is 11.3 Å². The Morgan fingerprint density at radius 3 is 2.17 bits per heavy atom. The van der Waals surface area contributed by atoms with Gasteiger partial charge in [0, 0.05) is 18.3 Å². The highest BCUT2D eigenvalue weighted by atomic mass is 32.1. The first-order valence-corrected chi connectivity index (χ1v) is 15.9. The third-order valence-electron chi connectivity index (χ3n) is 7.47. The number of nitrogens with zero attached hydrogens (tertiary/aromatic N) is 1. The summed E-state index contributed by atoms with van der Waals surface area (Å²) in [5.74, 6) is 0.0510. The Bertz CT molecular complexity index is 1390. The van der Waals surface area contributed by atoms with Crippen molar-refractivity contribution in [3.05, 3.63) is 95.7 Å². The van der Waals surface area contributed by atoms with Gasteiger partial charge in [-0.05, 0) is 64.8 Å². The molecule has 4 rings (SSSR count). The van der Waals surface area contributed by atoms with Crippen molar-refractivity contribution in [1.29, 1.82) is 0 Å². The molecule has 0 aliphatic heterocycles. The summed E-state index contributed by atoms with van der Waals surface area (Å²) < 4.78 is 5.90. The SMILES string of the molecule is CCCCCCCOc1ccc(-c2ncc(-c3ccc(CC(NCc4ccc(C(C)(C)C)cc4)C(=O)O)cc3)s2)cc1. The van der Waals surface area contributed by atoms with Gasteiger partial charge in [-0.2, -0.15) is 0 Å². The minimum Gasteiger partial charge on any atom is -0.494 e. The summed E-state index contributed by atoms with van der Waals surface area (Å²) in [6, 6.07) is 24.0. The summed E-state index contributed by atoms with van der Waals surface area (Å²) >= 11 is 1.65. The Morgan fingerprint density at radius 2 is 1.52 bits per heavy atom. The van der Waals surface area contributed by atoms with E-state index in [9.17, 15) is 9.90 Å². The van der Waals surface area contributed by atoms with Gasteiger partial charge < -0.3 is 15.2 Å². The molecule has 0 aliphatic rings. The van der Waals surface area contributed by atoms with Gasteiger partial charge in [-0.25, -0.2) is 4.98 Å². The fourth-order valence-electron chi connectivity index (χ4n) is 4.78. The largest absolute Gasteiger partial charge is 0.494 e. The summed E-state index contributed by atoms with van der Waals surface area (Å²) in [5, 5.41) is 14.0. The standard InChI is InChI=1S/C36H44N2O3S/c1-5-6-7-8-9-22-41-31-20-16-29(17-21-31)34-38-25-33(42-34)28-14-10-26(11-15-28)23-32(35(39)40)37-24-27-12-18-30(19-13-27)36(2,3)4/h10-21,25,32,37H,5-9,22-24H2,1-4H3,(H,39,40). The van der Waals surface area contributed by atoms with E-state index in [0.29, 0.717) is 13.0 Å². The third-order valence-corrected chi connectivity index (χ3v) is 8.57. The molecule has 0 radical (unpaired) electrons. The molecule has 222 valence electrons. The third kappa shape index (κ3) is 9.27. The molecule has 2 N–H and O–H groups in total. The van der Waals surface area contributed by atoms with Crippen LogP contribution in [0.3, 0.4) is 0 Å². The van der Waals surface area contributed by atoms with Crippen molar-refractivity contribution in [2.24, 2.45) is 0 Å². The minimum absolute atomic E-state index is 0.0934. The van der Waals surface area contributed by atoms with Crippen LogP contribution in [-0.2, 0) is 23.2 Å². The fourth-order valence-corrected chi connectivity index (χ4v) is 5.71. The van der Waals surface area contributed by atoms with Crippen LogP contribution in [0.5, 0.6) is 5.75 Å². The maximum Gasteiger partial charge on any atom is 0.321 e. The molecule has 0 bridgehead atoms. The molecule has 0 amide bonds. The van der Waals surface area contributed by atoms with Crippen LogP contribution in [0, 0.1) is 0 Å². The Morgan fingerprint density at radius 1 is 0.881 bits per heavy atom. The highest BCUT2D eigenvalue weighted by Gasteiger charge is 2.18. The first-order chi connectivity index (χ1) is 20.2. The van der Waals surface area contributed by atoms with Crippen molar-refractivity contribution in [2.75, 3.05) is 6.61 Å². The predicted octanol–water partition coefficient (Wildman–Crippen LogP) is 8.91. The molecule has 42 heavy (non-hydrogen) atoms. The second-order valence-corrected chi connectivity index (χ2v) is 13.0. The number of hydrogen-bond acceptors (Lipinski definition) is 5. The van der Waals surface area contributed by atoms with Crippen LogP contribution in [0.4, 0.5) is 0 Å². The summed E-state index contributed by atoms with van der Waals surface area (Å²) in [6.45, 7) is 10.1. The van der Waals surface area contributed by atoms with Crippen molar-refractivity contribution in [2.45, 2.75) is 84.2 Å². The number of carboxylic acid groups (broad SMARTS) is 1. The Balaban J connectivity index is 1.30. The van der Waals surface area contributed by atoms with Gasteiger partial charge >= 0.3 is 5.97 Å². The second kappa shape index (κ2) is 15.1. The van der Waals surface area contributed by atoms with Crippen molar-refractivity contribution in [1.82, 2.24) is 10.3 Å². The van der Waals surface area contributed by atoms with Crippen LogP contribution >= 0.6 is 11.3 Å². The Labute approximate surface area is 255 Å². The van der Waals surface area contributed by atoms with Crippen LogP contribution < -0.4 is 10.1 Å². The molecular weight excluding hydrogens is 540 g/mol. The molecule has 5 nitrogen and oxygen atoms in total. The number of carboxylic acids is 1. The quantitative estimate of drug-likeness (QED) is 0.137. The molecule has 1 aromatic heterocycles. The predicted molar refractivity (Wildman–Crippen MR) is 174 cm³/mol. The smallest absolute Gasteiger partial charge is 0.321 e. The maximum atomic E-state index is 12.0. The number of hydrogen-bond donors (Lipinski definition) is 2. The van der Waals surface area contributed by atoms with Crippen molar-refractivity contribution in [3.8, 4) is 26.8 Å². The van der Waals surface area contributed by atoms with Gasteiger partial charge in [0.2, 0.25) is 0 Å². The van der Waals surface area contributed by atoms with E-state index in [0.717, 1.165) is 50.9 Å². The number of unbranched alkanes of at least 4 members (excludes halogenated alkanes) is 4. The molecule has 1 unspecified atom stereocenters. The van der Waals surface area contributed by atoms with E-state index in [1.807, 2.05) is 42.6 Å². The van der Waals surface area contributed by atoms with Crippen LogP contribution in [0.1, 0.15) is 76.5 Å². The first kappa shape index (κ1) is 31.5. The van der Waals surface area contributed by atoms with Crippen molar-refractivity contribution < 1.29 is 14.6 Å². The molecule has 0 spiro atoms. The number of benzene rings is 3. The average Bonchev–Trinajstić information content (AvgIpc) is 3.48. The zero-order valence-electron chi connectivity index (χ0n) is 25.4. The highest BCUT2D eigenvalue weighted by molar-refractivity contribution is 7.18. The molecule has 1 atom stereocenters. The van der Waals surface area contributed by atoms with Gasteiger partial charge in [0.1, 0.15) is 16.8 Å². The summed E-state index contributed by atoms with van der Waals surface area (Å²) in [5.41, 5.74) is 5.56. The summed E-state index contributed by atoms with van der Waals surface area (Å²) in [7, 11) is 0. The van der Waals surface area contributed by atoms with E-state index in [2.05, 4.69) is 74.4 Å². The summed E-state index contributed by atoms with van der Waals surface area (Å²) in [4.78, 5) is 17.7. The molecule has 3 aromatic carbocycles. The maximum absolute atomic E-state index is 12.0. The van der Waals surface area contributed by atoms with Gasteiger partial charge in [-0.3, -0.25) is 4.79 Å². The van der Waals surface area contributed by atoms with E-state index in [-0.39, 0.29) is 5.41 Å². The first-order valence-electron chi connectivity index (χ1n) is 15.1. The molecule has 6 heteroatoms. The number of rotatable bonds is 15. The van der Waals surface area contributed by atoms with Crippen molar-refractivity contribution >= 4 is 17.3 Å². The van der Waals surface area contributed by atoms with Gasteiger partial charge in [0.25, 0.3) is 0 Å². The lowest BCUT2D eigenvalue weighted by atomic mass is 9.87. The van der Waals surface area contributed by atoms with E-state index in [1.165, 1.54) is 31.2 Å². The molecule has 0 saturated heterocycles. The van der Waals surface area contributed by atoms with E-state index in [1.54, 1.807) is 11.3 Å².